The maximum atomic E-state index is 13.9. The van der Waals surface area contributed by atoms with Gasteiger partial charge in [-0.05, 0) is 73.2 Å². The number of likely N-dealkylation sites (N-methyl/N-ethyl adjacent to an activating group) is 1. The van der Waals surface area contributed by atoms with Crippen molar-refractivity contribution in [2.75, 3.05) is 25.0 Å². The third-order valence-electron chi connectivity index (χ3n) is 8.66. The zero-order chi connectivity index (χ0) is 32.1. The van der Waals surface area contributed by atoms with Gasteiger partial charge in [0.25, 0.3) is 0 Å². The summed E-state index contributed by atoms with van der Waals surface area (Å²) in [6, 6.07) is 33.5. The summed E-state index contributed by atoms with van der Waals surface area (Å²) in [6.45, 7) is 4.07. The first kappa shape index (κ1) is 33.0. The number of ether oxygens (including phenoxy) is 2. The zero-order valence-electron chi connectivity index (χ0n) is 27.2. The third-order valence-corrected chi connectivity index (χ3v) is 8.66. The van der Waals surface area contributed by atoms with Gasteiger partial charge < -0.3 is 14.4 Å². The molecule has 240 valence electrons. The number of esters is 1. The maximum absolute atomic E-state index is 13.9. The summed E-state index contributed by atoms with van der Waals surface area (Å²) in [4.78, 5) is 31.1. The molecule has 0 aromatic heterocycles. The van der Waals surface area contributed by atoms with Crippen LogP contribution in [0.1, 0.15) is 84.0 Å². The molecule has 0 N–H and O–H groups in total. The Labute approximate surface area is 274 Å². The molecule has 6 heteroatoms. The lowest BCUT2D eigenvalue weighted by atomic mass is 9.84. The van der Waals surface area contributed by atoms with E-state index in [1.54, 1.807) is 17.0 Å². The number of nitrogens with zero attached hydrogens (tertiary/aromatic N) is 2. The molecular weight excluding hydrogens is 572 g/mol. The molecule has 0 unspecified atom stereocenters. The monoisotopic (exact) mass is 618 g/mol. The van der Waals surface area contributed by atoms with Gasteiger partial charge in [-0.1, -0.05) is 111 Å². The number of carbonyl (C=O) groups excluding carboxylic acids is 2. The average Bonchev–Trinajstić information content (AvgIpc) is 3.10. The topological polar surface area (TPSA) is 59.1 Å². The second kappa shape index (κ2) is 16.8. The van der Waals surface area contributed by atoms with Gasteiger partial charge in [-0.2, -0.15) is 0 Å². The maximum Gasteiger partial charge on any atom is 0.342 e. The molecule has 1 aliphatic rings. The van der Waals surface area contributed by atoms with Gasteiger partial charge >= 0.3 is 5.97 Å². The smallest absolute Gasteiger partial charge is 0.342 e. The van der Waals surface area contributed by atoms with Crippen molar-refractivity contribution in [2.24, 2.45) is 0 Å². The van der Waals surface area contributed by atoms with Crippen LogP contribution in [0, 0.1) is 0 Å². The van der Waals surface area contributed by atoms with Crippen LogP contribution in [0.15, 0.2) is 103 Å². The van der Waals surface area contributed by atoms with Crippen LogP contribution in [0.4, 0.5) is 5.69 Å². The number of anilines is 1. The van der Waals surface area contributed by atoms with E-state index in [1.807, 2.05) is 78.7 Å². The second-order valence-corrected chi connectivity index (χ2v) is 12.3. The van der Waals surface area contributed by atoms with E-state index in [0.29, 0.717) is 29.5 Å². The summed E-state index contributed by atoms with van der Waals surface area (Å²) >= 11 is 0. The molecule has 1 saturated carbocycles. The van der Waals surface area contributed by atoms with Gasteiger partial charge in [0.15, 0.2) is 0 Å². The van der Waals surface area contributed by atoms with Gasteiger partial charge in [0.1, 0.15) is 24.5 Å². The van der Waals surface area contributed by atoms with Crippen LogP contribution in [0.5, 0.6) is 5.75 Å². The Kier molecular flexibility index (Phi) is 12.0. The van der Waals surface area contributed by atoms with Gasteiger partial charge in [0, 0.05) is 11.8 Å². The molecule has 0 bridgehead atoms. The lowest BCUT2D eigenvalue weighted by molar-refractivity contribution is -0.119. The van der Waals surface area contributed by atoms with Gasteiger partial charge in [-0.15, -0.1) is 0 Å². The molecule has 5 rings (SSSR count). The molecular formula is C40H46N2O4. The summed E-state index contributed by atoms with van der Waals surface area (Å²) in [5.41, 5.74) is 5.32. The molecule has 0 radical (unpaired) electrons. The summed E-state index contributed by atoms with van der Waals surface area (Å²) in [5.74, 6) is 0.520. The molecule has 0 atom stereocenters. The summed E-state index contributed by atoms with van der Waals surface area (Å²) in [7, 11) is 1.97. The molecule has 1 fully saturated rings. The van der Waals surface area contributed by atoms with E-state index in [0.717, 1.165) is 29.7 Å². The van der Waals surface area contributed by atoms with Crippen molar-refractivity contribution in [1.29, 1.82) is 0 Å². The molecule has 4 aromatic rings. The highest BCUT2D eigenvalue weighted by atomic mass is 16.5. The first-order valence-electron chi connectivity index (χ1n) is 16.6. The van der Waals surface area contributed by atoms with E-state index in [2.05, 4.69) is 31.2 Å². The van der Waals surface area contributed by atoms with E-state index < -0.39 is 5.97 Å². The standard InChI is InChI=1S/C40H46N2O4/c1-3-25-41(2)28-39(43)42(27-31-19-21-35(22-20-31)34-17-11-6-12-18-34)36-23-24-37(40(44)46-30-33-15-9-5-10-16-33)38(26-36)45-29-32-13-7-4-8-14-32/h4-5,7-10,13-16,19-24,26,34H,3,6,11-12,17-18,25,27-30H2,1-2H3. The Bertz CT molecular complexity index is 1530. The Morgan fingerprint density at radius 3 is 2.07 bits per heavy atom. The molecule has 1 amide bonds. The molecule has 0 aliphatic heterocycles. The van der Waals surface area contributed by atoms with Gasteiger partial charge in [-0.3, -0.25) is 9.69 Å². The normalized spacial score (nSPS) is 13.4. The van der Waals surface area contributed by atoms with Gasteiger partial charge in [0.2, 0.25) is 5.91 Å². The van der Waals surface area contributed by atoms with Gasteiger partial charge in [0.05, 0.1) is 13.1 Å². The minimum absolute atomic E-state index is 0.0132. The van der Waals surface area contributed by atoms with Crippen molar-refractivity contribution in [1.82, 2.24) is 4.90 Å². The summed E-state index contributed by atoms with van der Waals surface area (Å²) in [5, 5.41) is 0. The molecule has 0 spiro atoms. The van der Waals surface area contributed by atoms with Crippen molar-refractivity contribution in [3.8, 4) is 5.75 Å². The average molecular weight is 619 g/mol. The first-order valence-corrected chi connectivity index (χ1v) is 16.6. The van der Waals surface area contributed by atoms with Crippen LogP contribution in [-0.2, 0) is 29.3 Å². The zero-order valence-corrected chi connectivity index (χ0v) is 27.2. The van der Waals surface area contributed by atoms with Gasteiger partial charge in [-0.25, -0.2) is 4.79 Å². The number of rotatable bonds is 14. The van der Waals surface area contributed by atoms with E-state index in [-0.39, 0.29) is 25.7 Å². The molecule has 0 saturated heterocycles. The second-order valence-electron chi connectivity index (χ2n) is 12.3. The highest BCUT2D eigenvalue weighted by Crippen LogP contribution is 2.33. The Morgan fingerprint density at radius 2 is 1.41 bits per heavy atom. The predicted molar refractivity (Wildman–Crippen MR) is 184 cm³/mol. The molecule has 4 aromatic carbocycles. The number of hydrogen-bond acceptors (Lipinski definition) is 5. The van der Waals surface area contributed by atoms with Crippen LogP contribution in [0.2, 0.25) is 0 Å². The minimum atomic E-state index is -0.475. The van der Waals surface area contributed by atoms with Crippen LogP contribution < -0.4 is 9.64 Å². The van der Waals surface area contributed by atoms with Crippen LogP contribution in [0.25, 0.3) is 0 Å². The number of amides is 1. The van der Waals surface area contributed by atoms with Crippen LogP contribution >= 0.6 is 0 Å². The third kappa shape index (κ3) is 9.30. The fourth-order valence-corrected chi connectivity index (χ4v) is 6.12. The largest absolute Gasteiger partial charge is 0.488 e. The van der Waals surface area contributed by atoms with Crippen molar-refractivity contribution < 1.29 is 19.1 Å². The quantitative estimate of drug-likeness (QED) is 0.133. The molecule has 6 nitrogen and oxygen atoms in total. The van der Waals surface area contributed by atoms with E-state index in [4.69, 9.17) is 9.47 Å². The number of benzene rings is 4. The van der Waals surface area contributed by atoms with E-state index in [1.165, 1.54) is 37.7 Å². The van der Waals surface area contributed by atoms with Crippen LogP contribution in [0.3, 0.4) is 0 Å². The van der Waals surface area contributed by atoms with Crippen molar-refractivity contribution in [3.63, 3.8) is 0 Å². The Morgan fingerprint density at radius 1 is 0.761 bits per heavy atom. The predicted octanol–water partition coefficient (Wildman–Crippen LogP) is 8.55. The number of carbonyl (C=O) groups is 2. The highest BCUT2D eigenvalue weighted by molar-refractivity contribution is 5.97. The fraction of sp³-hybridized carbons (Fsp3) is 0.350. The minimum Gasteiger partial charge on any atom is -0.488 e. The van der Waals surface area contributed by atoms with Crippen molar-refractivity contribution in [3.05, 3.63) is 131 Å². The lowest BCUT2D eigenvalue weighted by Crippen LogP contribution is -2.39. The summed E-state index contributed by atoms with van der Waals surface area (Å²) < 4.78 is 12.0. The SMILES string of the molecule is CCCN(C)CC(=O)N(Cc1ccc(C2CCCCC2)cc1)c1ccc(C(=O)OCc2ccccc2)c(OCc2ccccc2)c1. The first-order chi connectivity index (χ1) is 22.5. The Balaban J connectivity index is 1.42. The van der Waals surface area contributed by atoms with E-state index in [9.17, 15) is 9.59 Å². The Hall–Kier alpha value is -4.42. The molecule has 0 heterocycles. The molecule has 46 heavy (non-hydrogen) atoms. The lowest BCUT2D eigenvalue weighted by Gasteiger charge is -2.27. The molecule has 1 aliphatic carbocycles. The van der Waals surface area contributed by atoms with Crippen molar-refractivity contribution >= 4 is 17.6 Å². The summed E-state index contributed by atoms with van der Waals surface area (Å²) in [6.07, 6.45) is 7.39. The highest BCUT2D eigenvalue weighted by Gasteiger charge is 2.23. The van der Waals surface area contributed by atoms with Crippen LogP contribution in [-0.4, -0.2) is 36.9 Å². The van der Waals surface area contributed by atoms with E-state index >= 15 is 0 Å². The van der Waals surface area contributed by atoms with Crippen molar-refractivity contribution in [2.45, 2.75) is 71.1 Å². The fourth-order valence-electron chi connectivity index (χ4n) is 6.12. The number of hydrogen-bond donors (Lipinski definition) is 0.